The first kappa shape index (κ1) is 15.4. The molecule has 1 aromatic rings. The van der Waals surface area contributed by atoms with E-state index in [4.69, 9.17) is 0 Å². The van der Waals surface area contributed by atoms with Crippen LogP contribution in [0, 0.1) is 19.3 Å². The Balaban J connectivity index is 2.13. The van der Waals surface area contributed by atoms with E-state index in [0.717, 1.165) is 0 Å². The third-order valence-electron chi connectivity index (χ3n) is 4.78. The van der Waals surface area contributed by atoms with Gasteiger partial charge in [0.1, 0.15) is 0 Å². The highest BCUT2D eigenvalue weighted by Gasteiger charge is 2.32. The Labute approximate surface area is 124 Å². The van der Waals surface area contributed by atoms with Crippen molar-refractivity contribution in [2.75, 3.05) is 31.6 Å². The van der Waals surface area contributed by atoms with E-state index < -0.39 is 0 Å². The van der Waals surface area contributed by atoms with Crippen molar-refractivity contribution in [2.45, 2.75) is 46.5 Å². The van der Waals surface area contributed by atoms with Crippen molar-refractivity contribution in [1.82, 2.24) is 5.32 Å². The van der Waals surface area contributed by atoms with Gasteiger partial charge in [-0.1, -0.05) is 31.0 Å². The third kappa shape index (κ3) is 3.54. The quantitative estimate of drug-likeness (QED) is 0.876. The van der Waals surface area contributed by atoms with Crippen LogP contribution in [0.15, 0.2) is 18.2 Å². The number of hydrogen-bond donors (Lipinski definition) is 1. The Bertz CT molecular complexity index is 428. The average molecular weight is 274 g/mol. The van der Waals surface area contributed by atoms with Crippen LogP contribution in [0.3, 0.4) is 0 Å². The van der Waals surface area contributed by atoms with Crippen molar-refractivity contribution in [3.8, 4) is 0 Å². The first-order chi connectivity index (χ1) is 9.56. The molecule has 20 heavy (non-hydrogen) atoms. The molecule has 1 heterocycles. The lowest BCUT2D eigenvalue weighted by Gasteiger charge is -2.41. The molecule has 2 heteroatoms. The molecule has 1 N–H and O–H groups in total. The number of hydrogen-bond acceptors (Lipinski definition) is 2. The highest BCUT2D eigenvalue weighted by atomic mass is 15.1. The van der Waals surface area contributed by atoms with E-state index >= 15 is 0 Å². The average Bonchev–Trinajstić information content (AvgIpc) is 2.39. The number of nitrogens with zero attached hydrogens (tertiary/aromatic N) is 1. The number of benzene rings is 1. The summed E-state index contributed by atoms with van der Waals surface area (Å²) in [5.41, 5.74) is 4.65. The molecule has 0 atom stereocenters. The maximum absolute atomic E-state index is 3.51. The van der Waals surface area contributed by atoms with Crippen molar-refractivity contribution < 1.29 is 0 Å². The fourth-order valence-electron chi connectivity index (χ4n) is 3.80. The number of anilines is 1. The van der Waals surface area contributed by atoms with Gasteiger partial charge in [-0.3, -0.25) is 0 Å². The minimum atomic E-state index is 0.506. The fourth-order valence-corrected chi connectivity index (χ4v) is 3.80. The summed E-state index contributed by atoms with van der Waals surface area (Å²) in [6.07, 6.45) is 5.27. The van der Waals surface area contributed by atoms with Crippen LogP contribution in [-0.2, 0) is 0 Å². The van der Waals surface area contributed by atoms with Crippen molar-refractivity contribution in [3.63, 3.8) is 0 Å². The molecule has 1 aliphatic rings. The van der Waals surface area contributed by atoms with Gasteiger partial charge >= 0.3 is 0 Å². The second-order valence-corrected chi connectivity index (χ2v) is 6.65. The lowest BCUT2D eigenvalue weighted by Crippen LogP contribution is -2.44. The smallest absolute Gasteiger partial charge is 0.0393 e. The van der Waals surface area contributed by atoms with E-state index in [-0.39, 0.29) is 0 Å². The van der Waals surface area contributed by atoms with Gasteiger partial charge in [0.2, 0.25) is 0 Å². The lowest BCUT2D eigenvalue weighted by atomic mass is 9.75. The molecule has 0 unspecified atom stereocenters. The van der Waals surface area contributed by atoms with Gasteiger partial charge in [0, 0.05) is 19.3 Å². The van der Waals surface area contributed by atoms with E-state index in [2.05, 4.69) is 56.2 Å². The predicted molar refractivity (Wildman–Crippen MR) is 88.6 cm³/mol. The van der Waals surface area contributed by atoms with Crippen LogP contribution in [0.5, 0.6) is 0 Å². The van der Waals surface area contributed by atoms with E-state index in [0.29, 0.717) is 5.41 Å². The monoisotopic (exact) mass is 274 g/mol. The van der Waals surface area contributed by atoms with Gasteiger partial charge in [0.25, 0.3) is 0 Å². The molecule has 1 fully saturated rings. The zero-order valence-electron chi connectivity index (χ0n) is 13.6. The van der Waals surface area contributed by atoms with Crippen LogP contribution in [-0.4, -0.2) is 26.7 Å². The van der Waals surface area contributed by atoms with Gasteiger partial charge in [0.15, 0.2) is 0 Å². The van der Waals surface area contributed by atoms with Gasteiger partial charge < -0.3 is 10.2 Å². The van der Waals surface area contributed by atoms with Crippen LogP contribution >= 0.6 is 0 Å². The molecule has 2 nitrogen and oxygen atoms in total. The Morgan fingerprint density at radius 2 is 1.90 bits per heavy atom. The van der Waals surface area contributed by atoms with E-state index in [1.165, 1.54) is 62.1 Å². The van der Waals surface area contributed by atoms with Gasteiger partial charge in [-0.05, 0) is 63.2 Å². The summed E-state index contributed by atoms with van der Waals surface area (Å²) in [6.45, 7) is 10.3. The normalized spacial score (nSPS) is 18.0. The lowest BCUT2D eigenvalue weighted by molar-refractivity contribution is 0.190. The topological polar surface area (TPSA) is 15.3 Å². The SMILES string of the molecule is CCCC1(CN(C)c2ccc(C)cc2C)CCNCC1. The van der Waals surface area contributed by atoms with Crippen molar-refractivity contribution in [2.24, 2.45) is 5.41 Å². The Morgan fingerprint density at radius 3 is 2.50 bits per heavy atom. The summed E-state index contributed by atoms with van der Waals surface area (Å²) in [6, 6.07) is 6.81. The number of nitrogens with one attached hydrogen (secondary N) is 1. The number of piperidine rings is 1. The fraction of sp³-hybridized carbons (Fsp3) is 0.667. The molecule has 1 aromatic carbocycles. The summed E-state index contributed by atoms with van der Waals surface area (Å²) in [5.74, 6) is 0. The van der Waals surface area contributed by atoms with Crippen LogP contribution in [0.1, 0.15) is 43.7 Å². The van der Waals surface area contributed by atoms with E-state index in [1.807, 2.05) is 0 Å². The molecule has 112 valence electrons. The van der Waals surface area contributed by atoms with Crippen LogP contribution < -0.4 is 10.2 Å². The molecule has 0 amide bonds. The van der Waals surface area contributed by atoms with Crippen molar-refractivity contribution in [1.29, 1.82) is 0 Å². The van der Waals surface area contributed by atoms with Crippen LogP contribution in [0.25, 0.3) is 0 Å². The Kier molecular flexibility index (Phi) is 5.09. The first-order valence-electron chi connectivity index (χ1n) is 8.05. The van der Waals surface area contributed by atoms with Crippen molar-refractivity contribution >= 4 is 5.69 Å². The maximum atomic E-state index is 3.51. The minimum absolute atomic E-state index is 0.506. The molecular formula is C18H30N2. The summed E-state index contributed by atoms with van der Waals surface area (Å²) in [5, 5.41) is 3.51. The second-order valence-electron chi connectivity index (χ2n) is 6.65. The zero-order chi connectivity index (χ0) is 14.6. The zero-order valence-corrected chi connectivity index (χ0v) is 13.6. The standard InChI is InChI=1S/C18H30N2/c1-5-8-18(9-11-19-12-10-18)14-20(4)17-7-6-15(2)13-16(17)3/h6-7,13,19H,5,8-12,14H2,1-4H3. The largest absolute Gasteiger partial charge is 0.374 e. The summed E-state index contributed by atoms with van der Waals surface area (Å²) < 4.78 is 0. The molecule has 0 radical (unpaired) electrons. The van der Waals surface area contributed by atoms with Gasteiger partial charge in [-0.15, -0.1) is 0 Å². The second kappa shape index (κ2) is 6.62. The van der Waals surface area contributed by atoms with Crippen LogP contribution in [0.2, 0.25) is 0 Å². The first-order valence-corrected chi connectivity index (χ1v) is 8.05. The molecular weight excluding hydrogens is 244 g/mol. The van der Waals surface area contributed by atoms with Crippen LogP contribution in [0.4, 0.5) is 5.69 Å². The Hall–Kier alpha value is -1.02. The molecule has 1 aliphatic heterocycles. The molecule has 0 saturated carbocycles. The molecule has 2 rings (SSSR count). The Morgan fingerprint density at radius 1 is 1.20 bits per heavy atom. The van der Waals surface area contributed by atoms with Gasteiger partial charge in [-0.2, -0.15) is 0 Å². The number of aryl methyl sites for hydroxylation is 2. The van der Waals surface area contributed by atoms with Gasteiger partial charge in [0.05, 0.1) is 0 Å². The minimum Gasteiger partial charge on any atom is -0.374 e. The highest BCUT2D eigenvalue weighted by Crippen LogP contribution is 2.36. The summed E-state index contributed by atoms with van der Waals surface area (Å²) in [4.78, 5) is 2.48. The number of rotatable bonds is 5. The highest BCUT2D eigenvalue weighted by molar-refractivity contribution is 5.54. The van der Waals surface area contributed by atoms with Crippen molar-refractivity contribution in [3.05, 3.63) is 29.3 Å². The molecule has 1 saturated heterocycles. The van der Waals surface area contributed by atoms with E-state index in [1.54, 1.807) is 0 Å². The molecule has 0 aromatic heterocycles. The molecule has 0 spiro atoms. The summed E-state index contributed by atoms with van der Waals surface area (Å²) in [7, 11) is 2.26. The molecule has 0 bridgehead atoms. The third-order valence-corrected chi connectivity index (χ3v) is 4.78. The predicted octanol–water partition coefficient (Wildman–Crippen LogP) is 3.91. The van der Waals surface area contributed by atoms with Gasteiger partial charge in [-0.25, -0.2) is 0 Å². The maximum Gasteiger partial charge on any atom is 0.0393 e. The molecule has 0 aliphatic carbocycles. The summed E-state index contributed by atoms with van der Waals surface area (Å²) >= 11 is 0. The van der Waals surface area contributed by atoms with E-state index in [9.17, 15) is 0 Å².